The van der Waals surface area contributed by atoms with Crippen LogP contribution in [0.15, 0.2) is 34.3 Å². The van der Waals surface area contributed by atoms with Crippen LogP contribution in [0.3, 0.4) is 0 Å². The lowest BCUT2D eigenvalue weighted by Gasteiger charge is -2.57. The maximum absolute atomic E-state index is 14.3. The Morgan fingerprint density at radius 1 is 1.14 bits per heavy atom. The summed E-state index contributed by atoms with van der Waals surface area (Å²) in [5.74, 6) is -2.79. The number of carbonyl (C=O) groups is 4. The number of allylic oxidation sites excluding steroid dienone is 1. The number of hydrogen-bond acceptors (Lipinski definition) is 10. The second-order valence-corrected chi connectivity index (χ2v) is 10.2. The molecule has 0 amide bonds. The van der Waals surface area contributed by atoms with E-state index in [1.807, 2.05) is 0 Å². The molecule has 2 spiro atoms. The van der Waals surface area contributed by atoms with Crippen molar-refractivity contribution >= 4 is 23.7 Å². The molecule has 4 aliphatic rings. The fraction of sp³-hybridized carbons (Fsp3) is 0.615. The molecule has 6 atom stereocenters. The van der Waals surface area contributed by atoms with E-state index in [-0.39, 0.29) is 12.4 Å². The topological polar surface area (TPSA) is 131 Å². The van der Waals surface area contributed by atoms with Gasteiger partial charge in [-0.2, -0.15) is 0 Å². The SMILES string of the molecule is CC(=O)OC[C@@]12C(=O)C(OC(C)=O)=C(C)[C@]3(C[C@@H](c4ccoc4)O[C@H]3OC(C)=O)[C@H]1CCC[C@]21CO1. The number of ketones is 1. The van der Waals surface area contributed by atoms with Crippen molar-refractivity contribution in [2.75, 3.05) is 13.2 Å². The van der Waals surface area contributed by atoms with Crippen molar-refractivity contribution in [2.24, 2.45) is 16.7 Å². The first-order chi connectivity index (χ1) is 17.1. The molecule has 0 bridgehead atoms. The van der Waals surface area contributed by atoms with Crippen LogP contribution in [0.5, 0.6) is 0 Å². The standard InChI is InChI=1S/C26H30O10/c1-14-21(34-16(3)28)22(30)26(13-32-15(2)27)20(6-5-8-24(26)12-33-24)25(14)10-19(18-7-9-31-11-18)36-23(25)35-17(4)29/h7,9,11,19-20,23H,5-6,8,10,12-13H2,1-4H3/t19-,20+,23+,24-,25+,26-/m0/s1. The third-order valence-corrected chi connectivity index (χ3v) is 8.41. The first kappa shape index (κ1) is 24.7. The molecule has 5 rings (SSSR count). The summed E-state index contributed by atoms with van der Waals surface area (Å²) in [6, 6.07) is 1.77. The van der Waals surface area contributed by atoms with Crippen LogP contribution in [0, 0.1) is 16.7 Å². The molecule has 36 heavy (non-hydrogen) atoms. The van der Waals surface area contributed by atoms with Crippen LogP contribution in [-0.4, -0.2) is 48.8 Å². The first-order valence-electron chi connectivity index (χ1n) is 12.1. The van der Waals surface area contributed by atoms with Crippen molar-refractivity contribution in [3.63, 3.8) is 0 Å². The van der Waals surface area contributed by atoms with Gasteiger partial charge in [-0.05, 0) is 43.7 Å². The summed E-state index contributed by atoms with van der Waals surface area (Å²) in [7, 11) is 0. The smallest absolute Gasteiger partial charge is 0.308 e. The van der Waals surface area contributed by atoms with E-state index in [0.29, 0.717) is 31.4 Å². The van der Waals surface area contributed by atoms with Crippen molar-refractivity contribution < 1.29 is 47.3 Å². The van der Waals surface area contributed by atoms with Gasteiger partial charge in [0.1, 0.15) is 17.6 Å². The lowest BCUT2D eigenvalue weighted by Crippen LogP contribution is -2.66. The molecule has 1 saturated carbocycles. The Hall–Kier alpha value is -2.98. The predicted octanol–water partition coefficient (Wildman–Crippen LogP) is 3.16. The van der Waals surface area contributed by atoms with Gasteiger partial charge in [0.05, 0.1) is 30.7 Å². The first-order valence-corrected chi connectivity index (χ1v) is 12.1. The third kappa shape index (κ3) is 3.45. The fourth-order valence-corrected chi connectivity index (χ4v) is 6.85. The summed E-state index contributed by atoms with van der Waals surface area (Å²) in [6.07, 6.45) is 3.74. The van der Waals surface area contributed by atoms with Crippen LogP contribution in [0.1, 0.15) is 65.0 Å². The van der Waals surface area contributed by atoms with Crippen molar-refractivity contribution in [1.29, 1.82) is 0 Å². The zero-order valence-electron chi connectivity index (χ0n) is 20.8. The van der Waals surface area contributed by atoms with Gasteiger partial charge in [0.25, 0.3) is 0 Å². The minimum Gasteiger partial charge on any atom is -0.472 e. The van der Waals surface area contributed by atoms with E-state index in [1.54, 1.807) is 19.3 Å². The normalized spacial score (nSPS) is 37.1. The van der Waals surface area contributed by atoms with E-state index < -0.39 is 58.4 Å². The van der Waals surface area contributed by atoms with Gasteiger partial charge in [-0.3, -0.25) is 19.2 Å². The lowest BCUT2D eigenvalue weighted by atomic mass is 9.45. The Morgan fingerprint density at radius 3 is 2.47 bits per heavy atom. The van der Waals surface area contributed by atoms with E-state index >= 15 is 0 Å². The fourth-order valence-electron chi connectivity index (χ4n) is 6.85. The summed E-state index contributed by atoms with van der Waals surface area (Å²) < 4.78 is 34.5. The second kappa shape index (κ2) is 8.55. The molecule has 10 heteroatoms. The molecule has 10 nitrogen and oxygen atoms in total. The summed E-state index contributed by atoms with van der Waals surface area (Å²) >= 11 is 0. The predicted molar refractivity (Wildman–Crippen MR) is 120 cm³/mol. The Kier molecular flexibility index (Phi) is 5.87. The number of furan rings is 1. The van der Waals surface area contributed by atoms with Gasteiger partial charge in [-0.1, -0.05) is 6.42 Å². The Bertz CT molecular complexity index is 1130. The molecule has 1 aromatic heterocycles. The number of epoxide rings is 1. The van der Waals surface area contributed by atoms with E-state index in [2.05, 4.69) is 0 Å². The van der Waals surface area contributed by atoms with Crippen LogP contribution >= 0.6 is 0 Å². The molecule has 0 N–H and O–H groups in total. The van der Waals surface area contributed by atoms with Crippen LogP contribution in [0.25, 0.3) is 0 Å². The lowest BCUT2D eigenvalue weighted by molar-refractivity contribution is -0.211. The maximum atomic E-state index is 14.3. The van der Waals surface area contributed by atoms with Crippen molar-refractivity contribution in [2.45, 2.75) is 71.4 Å². The summed E-state index contributed by atoms with van der Waals surface area (Å²) in [5, 5.41) is 0. The Balaban J connectivity index is 1.75. The van der Waals surface area contributed by atoms with Gasteiger partial charge in [0, 0.05) is 26.3 Å². The number of Topliss-reactive ketones (excluding diaryl/α,β-unsaturated/α-hetero) is 1. The van der Waals surface area contributed by atoms with Gasteiger partial charge in [-0.15, -0.1) is 0 Å². The highest BCUT2D eigenvalue weighted by molar-refractivity contribution is 6.03. The Labute approximate surface area is 208 Å². The van der Waals surface area contributed by atoms with Crippen LogP contribution in [-0.2, 0) is 42.9 Å². The quantitative estimate of drug-likeness (QED) is 0.336. The van der Waals surface area contributed by atoms with Crippen molar-refractivity contribution in [1.82, 2.24) is 0 Å². The zero-order valence-corrected chi connectivity index (χ0v) is 20.8. The number of hydrogen-bond donors (Lipinski definition) is 0. The Morgan fingerprint density at radius 2 is 1.89 bits per heavy atom. The van der Waals surface area contributed by atoms with E-state index in [4.69, 9.17) is 28.1 Å². The maximum Gasteiger partial charge on any atom is 0.308 e. The van der Waals surface area contributed by atoms with Gasteiger partial charge >= 0.3 is 17.9 Å². The molecular weight excluding hydrogens is 472 g/mol. The second-order valence-electron chi connectivity index (χ2n) is 10.2. The summed E-state index contributed by atoms with van der Waals surface area (Å²) in [4.78, 5) is 50.7. The number of esters is 3. The van der Waals surface area contributed by atoms with Crippen molar-refractivity contribution in [3.05, 3.63) is 35.5 Å². The molecule has 194 valence electrons. The summed E-state index contributed by atoms with van der Waals surface area (Å²) in [6.45, 7) is 5.58. The highest BCUT2D eigenvalue weighted by atomic mass is 16.7. The van der Waals surface area contributed by atoms with E-state index in [0.717, 1.165) is 12.0 Å². The highest BCUT2D eigenvalue weighted by Crippen LogP contribution is 2.70. The molecule has 0 aromatic carbocycles. The molecule has 0 unspecified atom stereocenters. The minimum absolute atomic E-state index is 0.128. The van der Waals surface area contributed by atoms with Gasteiger partial charge in [-0.25, -0.2) is 0 Å². The highest BCUT2D eigenvalue weighted by Gasteiger charge is 2.78. The molecule has 1 aromatic rings. The third-order valence-electron chi connectivity index (χ3n) is 8.41. The number of ether oxygens (including phenoxy) is 5. The van der Waals surface area contributed by atoms with Gasteiger partial charge < -0.3 is 28.1 Å². The molecule has 2 aliphatic carbocycles. The number of fused-ring (bicyclic) bond motifs is 3. The summed E-state index contributed by atoms with van der Waals surface area (Å²) in [5.41, 5.74) is -2.04. The van der Waals surface area contributed by atoms with Crippen LogP contribution in [0.2, 0.25) is 0 Å². The molecule has 3 heterocycles. The van der Waals surface area contributed by atoms with Crippen LogP contribution in [0.4, 0.5) is 0 Å². The largest absolute Gasteiger partial charge is 0.472 e. The van der Waals surface area contributed by atoms with Gasteiger partial charge in [0.2, 0.25) is 12.1 Å². The zero-order chi connectivity index (χ0) is 25.9. The molecule has 2 aliphatic heterocycles. The molecular formula is C26H30O10. The minimum atomic E-state index is -1.34. The average molecular weight is 503 g/mol. The van der Waals surface area contributed by atoms with Crippen LogP contribution < -0.4 is 0 Å². The average Bonchev–Trinajstić information content (AvgIpc) is 3.22. The van der Waals surface area contributed by atoms with Crippen molar-refractivity contribution in [3.8, 4) is 0 Å². The monoisotopic (exact) mass is 502 g/mol. The molecule has 0 radical (unpaired) electrons. The van der Waals surface area contributed by atoms with E-state index in [9.17, 15) is 19.2 Å². The number of carbonyl (C=O) groups excluding carboxylic acids is 4. The van der Waals surface area contributed by atoms with E-state index in [1.165, 1.54) is 27.0 Å². The number of rotatable bonds is 5. The van der Waals surface area contributed by atoms with Gasteiger partial charge in [0.15, 0.2) is 5.76 Å². The molecule has 3 fully saturated rings. The molecule has 2 saturated heterocycles.